The lowest BCUT2D eigenvalue weighted by molar-refractivity contribution is -0.136. The summed E-state index contributed by atoms with van der Waals surface area (Å²) < 4.78 is 40.2. The first-order chi connectivity index (χ1) is 10.3. The van der Waals surface area contributed by atoms with E-state index in [-0.39, 0.29) is 22.2 Å². The fraction of sp³-hybridized carbons (Fsp3) is 0.333. The maximum Gasteiger partial charge on any atom is 0.418 e. The van der Waals surface area contributed by atoms with E-state index in [1.165, 1.54) is 6.07 Å². The molecule has 0 saturated heterocycles. The molecule has 1 aliphatic rings. The number of rotatable bonds is 2. The standard InChI is InChI=1S/C15H14F3N3S/c1-7-4-12(14(19)22-20)21-13-10(7)5-9(8-2-3-8)6-11(13)15(16,17)18/h4-6,8,19H,2-3,20H2,1H3. The van der Waals surface area contributed by atoms with Crippen LogP contribution in [0.15, 0.2) is 18.2 Å². The van der Waals surface area contributed by atoms with Gasteiger partial charge in [-0.1, -0.05) is 0 Å². The van der Waals surface area contributed by atoms with Gasteiger partial charge in [-0.25, -0.2) is 4.98 Å². The molecule has 116 valence electrons. The van der Waals surface area contributed by atoms with Crippen LogP contribution < -0.4 is 5.14 Å². The van der Waals surface area contributed by atoms with Crippen molar-refractivity contribution in [3.05, 3.63) is 40.6 Å². The Morgan fingerprint density at radius 2 is 2.00 bits per heavy atom. The number of fused-ring (bicyclic) bond motifs is 1. The Hall–Kier alpha value is -1.60. The van der Waals surface area contributed by atoms with E-state index in [2.05, 4.69) is 4.98 Å². The molecule has 1 heterocycles. The zero-order valence-corrected chi connectivity index (χ0v) is 12.6. The molecule has 0 aliphatic heterocycles. The van der Waals surface area contributed by atoms with Gasteiger partial charge in [-0.05, 0) is 67.0 Å². The number of benzene rings is 1. The quantitative estimate of drug-likeness (QED) is 0.489. The van der Waals surface area contributed by atoms with Crippen molar-refractivity contribution in [1.82, 2.24) is 4.98 Å². The van der Waals surface area contributed by atoms with Crippen LogP contribution in [0.1, 0.15) is 41.1 Å². The molecule has 2 aromatic rings. The first kappa shape index (κ1) is 15.3. The van der Waals surface area contributed by atoms with Crippen molar-refractivity contribution in [2.24, 2.45) is 5.14 Å². The number of pyridine rings is 1. The Labute approximate surface area is 129 Å². The lowest BCUT2D eigenvalue weighted by atomic mass is 9.98. The normalized spacial score (nSPS) is 15.3. The average Bonchev–Trinajstić information content (AvgIpc) is 3.29. The smallest absolute Gasteiger partial charge is 0.291 e. The molecule has 0 spiro atoms. The van der Waals surface area contributed by atoms with Crippen LogP contribution in [0.25, 0.3) is 10.9 Å². The van der Waals surface area contributed by atoms with E-state index in [4.69, 9.17) is 10.5 Å². The molecule has 0 radical (unpaired) electrons. The Kier molecular flexibility index (Phi) is 3.65. The number of alkyl halides is 3. The Morgan fingerprint density at radius 1 is 1.32 bits per heavy atom. The summed E-state index contributed by atoms with van der Waals surface area (Å²) in [6, 6.07) is 4.62. The lowest BCUT2D eigenvalue weighted by Gasteiger charge is -2.15. The molecule has 3 N–H and O–H groups in total. The molecule has 3 rings (SSSR count). The van der Waals surface area contributed by atoms with Crippen LogP contribution in [0, 0.1) is 12.3 Å². The molecular formula is C15H14F3N3S. The van der Waals surface area contributed by atoms with E-state index in [0.29, 0.717) is 22.9 Å². The van der Waals surface area contributed by atoms with Crippen LogP contribution in [-0.4, -0.2) is 10.0 Å². The molecule has 22 heavy (non-hydrogen) atoms. The van der Waals surface area contributed by atoms with Crippen LogP contribution in [0.5, 0.6) is 0 Å². The molecule has 1 fully saturated rings. The highest BCUT2D eigenvalue weighted by Gasteiger charge is 2.36. The van der Waals surface area contributed by atoms with E-state index in [9.17, 15) is 13.2 Å². The minimum Gasteiger partial charge on any atom is -0.291 e. The van der Waals surface area contributed by atoms with Gasteiger partial charge >= 0.3 is 6.18 Å². The molecule has 0 amide bonds. The number of aromatic nitrogens is 1. The number of halogens is 3. The van der Waals surface area contributed by atoms with Crippen LogP contribution in [0.2, 0.25) is 0 Å². The number of aryl methyl sites for hydroxylation is 1. The number of hydrogen-bond acceptors (Lipinski definition) is 4. The highest BCUT2D eigenvalue weighted by molar-refractivity contribution is 8.12. The number of nitrogens with two attached hydrogens (primary N) is 1. The molecule has 1 aliphatic carbocycles. The Bertz CT molecular complexity index is 767. The molecule has 0 bridgehead atoms. The van der Waals surface area contributed by atoms with Crippen molar-refractivity contribution in [2.75, 3.05) is 0 Å². The van der Waals surface area contributed by atoms with Crippen molar-refractivity contribution < 1.29 is 13.2 Å². The molecular weight excluding hydrogens is 311 g/mol. The number of nitrogens with zero attached hydrogens (tertiary/aromatic N) is 1. The SMILES string of the molecule is Cc1cc(C(=N)SN)nc2c(C(F)(F)F)cc(C3CC3)cc12. The molecule has 0 atom stereocenters. The monoisotopic (exact) mass is 325 g/mol. The fourth-order valence-electron chi connectivity index (χ4n) is 2.56. The van der Waals surface area contributed by atoms with Crippen LogP contribution >= 0.6 is 11.9 Å². The molecule has 0 unspecified atom stereocenters. The topological polar surface area (TPSA) is 62.8 Å². The number of hydrogen-bond donors (Lipinski definition) is 2. The van der Waals surface area contributed by atoms with E-state index >= 15 is 0 Å². The van der Waals surface area contributed by atoms with Gasteiger partial charge in [0.25, 0.3) is 0 Å². The Morgan fingerprint density at radius 3 is 2.55 bits per heavy atom. The molecule has 7 heteroatoms. The highest BCUT2D eigenvalue weighted by atomic mass is 32.2. The zero-order valence-electron chi connectivity index (χ0n) is 11.8. The largest absolute Gasteiger partial charge is 0.418 e. The van der Waals surface area contributed by atoms with Crippen LogP contribution in [-0.2, 0) is 6.18 Å². The third kappa shape index (κ3) is 2.70. The molecule has 1 aromatic carbocycles. The molecule has 3 nitrogen and oxygen atoms in total. The minimum absolute atomic E-state index is 0.0515. The van der Waals surface area contributed by atoms with Gasteiger partial charge in [-0.3, -0.25) is 10.5 Å². The van der Waals surface area contributed by atoms with E-state index in [1.807, 2.05) is 0 Å². The highest BCUT2D eigenvalue weighted by Crippen LogP contribution is 2.44. The first-order valence-corrected chi connectivity index (χ1v) is 7.67. The van der Waals surface area contributed by atoms with E-state index < -0.39 is 11.7 Å². The number of nitrogens with one attached hydrogen (secondary N) is 1. The Balaban J connectivity index is 2.31. The summed E-state index contributed by atoms with van der Waals surface area (Å²) in [5, 5.41) is 13.5. The van der Waals surface area contributed by atoms with E-state index in [1.54, 1.807) is 19.1 Å². The van der Waals surface area contributed by atoms with Gasteiger partial charge in [0.2, 0.25) is 0 Å². The average molecular weight is 325 g/mol. The summed E-state index contributed by atoms with van der Waals surface area (Å²) in [5.41, 5.74) is 0.729. The first-order valence-electron chi connectivity index (χ1n) is 6.79. The van der Waals surface area contributed by atoms with Crippen molar-refractivity contribution in [1.29, 1.82) is 5.41 Å². The van der Waals surface area contributed by atoms with Crippen LogP contribution in [0.3, 0.4) is 0 Å². The fourth-order valence-corrected chi connectivity index (χ4v) is 2.78. The van der Waals surface area contributed by atoms with Crippen molar-refractivity contribution in [3.63, 3.8) is 0 Å². The summed E-state index contributed by atoms with van der Waals surface area (Å²) >= 11 is 0.666. The molecule has 1 saturated carbocycles. The maximum absolute atomic E-state index is 13.4. The van der Waals surface area contributed by atoms with Crippen molar-refractivity contribution >= 4 is 27.9 Å². The van der Waals surface area contributed by atoms with Gasteiger partial charge in [0, 0.05) is 5.39 Å². The van der Waals surface area contributed by atoms with Crippen molar-refractivity contribution in [2.45, 2.75) is 31.9 Å². The summed E-state index contributed by atoms with van der Waals surface area (Å²) in [5.74, 6) is 0.225. The summed E-state index contributed by atoms with van der Waals surface area (Å²) in [4.78, 5) is 4.05. The van der Waals surface area contributed by atoms with Crippen LogP contribution in [0.4, 0.5) is 13.2 Å². The van der Waals surface area contributed by atoms with Gasteiger partial charge in [0.05, 0.1) is 16.8 Å². The summed E-state index contributed by atoms with van der Waals surface area (Å²) in [6.07, 6.45) is -2.61. The van der Waals surface area contributed by atoms with E-state index in [0.717, 1.165) is 18.4 Å². The van der Waals surface area contributed by atoms with Gasteiger partial charge in [0.15, 0.2) is 0 Å². The molecule has 1 aromatic heterocycles. The third-order valence-electron chi connectivity index (χ3n) is 3.85. The predicted molar refractivity (Wildman–Crippen MR) is 82.1 cm³/mol. The van der Waals surface area contributed by atoms with Gasteiger partial charge in [-0.15, -0.1) is 0 Å². The maximum atomic E-state index is 13.4. The second-order valence-electron chi connectivity index (χ2n) is 5.51. The minimum atomic E-state index is -4.47. The summed E-state index contributed by atoms with van der Waals surface area (Å²) in [7, 11) is 0. The second kappa shape index (κ2) is 5.24. The zero-order chi connectivity index (χ0) is 16.1. The third-order valence-corrected chi connectivity index (χ3v) is 4.29. The predicted octanol–water partition coefficient (Wildman–Crippen LogP) is 4.37. The van der Waals surface area contributed by atoms with Gasteiger partial charge in [0.1, 0.15) is 5.04 Å². The van der Waals surface area contributed by atoms with Crippen molar-refractivity contribution in [3.8, 4) is 0 Å². The lowest BCUT2D eigenvalue weighted by Crippen LogP contribution is -2.10. The van der Waals surface area contributed by atoms with Gasteiger partial charge in [-0.2, -0.15) is 13.2 Å². The second-order valence-corrected chi connectivity index (χ2v) is 6.15. The summed E-state index contributed by atoms with van der Waals surface area (Å²) in [6.45, 7) is 1.73. The van der Waals surface area contributed by atoms with Gasteiger partial charge < -0.3 is 0 Å².